The minimum absolute atomic E-state index is 1.05. The van der Waals surface area contributed by atoms with Gasteiger partial charge in [-0.1, -0.05) is 291 Å². The molecule has 0 bridgehead atoms. The van der Waals surface area contributed by atoms with Crippen LogP contribution in [0.1, 0.15) is 0 Å². The molecular formula is C96H66N4. The second kappa shape index (κ2) is 25.7. The van der Waals surface area contributed by atoms with Crippen molar-refractivity contribution in [2.45, 2.75) is 0 Å². The number of nitrogens with zero attached hydrogens (tertiary/aromatic N) is 4. The van der Waals surface area contributed by atoms with Crippen molar-refractivity contribution in [3.63, 3.8) is 0 Å². The van der Waals surface area contributed by atoms with E-state index in [1.165, 1.54) is 66.6 Å². The van der Waals surface area contributed by atoms with Crippen LogP contribution < -0.4 is 4.90 Å². The van der Waals surface area contributed by atoms with Crippen LogP contribution in [0.4, 0.5) is 17.1 Å². The minimum Gasteiger partial charge on any atom is -0.311 e. The summed E-state index contributed by atoms with van der Waals surface area (Å²) in [6.07, 6.45) is 0. The first-order valence-corrected chi connectivity index (χ1v) is 34.3. The molecule has 0 fully saturated rings. The molecule has 4 nitrogen and oxygen atoms in total. The zero-order valence-corrected chi connectivity index (χ0v) is 54.9. The molecule has 3 heterocycles. The van der Waals surface area contributed by atoms with Crippen LogP contribution in [0.25, 0.3) is 150 Å². The summed E-state index contributed by atoms with van der Waals surface area (Å²) in [7, 11) is 0. The third-order valence-corrected chi connectivity index (χ3v) is 19.7. The fourth-order valence-electron chi connectivity index (χ4n) is 15.1. The highest BCUT2D eigenvalue weighted by Gasteiger charge is 2.26. The molecule has 0 radical (unpaired) electrons. The van der Waals surface area contributed by atoms with E-state index >= 15 is 0 Å². The summed E-state index contributed by atoms with van der Waals surface area (Å²) in [5.74, 6) is 0. The third-order valence-electron chi connectivity index (χ3n) is 19.7. The maximum Gasteiger partial charge on any atom is 0.0619 e. The van der Waals surface area contributed by atoms with Crippen molar-refractivity contribution in [3.05, 3.63) is 400 Å². The van der Waals surface area contributed by atoms with Crippen molar-refractivity contribution in [3.8, 4) is 118 Å². The molecular weight excluding hydrogens is 1210 g/mol. The first-order chi connectivity index (χ1) is 49.6. The SMILES string of the molecule is c1ccc(-c2c(-c3ccccc3)n(-c3ccccc3)c3ccc(-c4ccc(N(c5ccc(-c6ccc7c(c6)c(-c6ccccc6)c(-c6ccccc6)n7-c6ccccc6)cc5)c5ccc(-c6ccc7c(c6)c(-c6ccccc6)c(-c6ccccc6)n7-c6ccccc6)cc5)cc4)cc23)cc1. The van der Waals surface area contributed by atoms with Crippen LogP contribution in [-0.2, 0) is 0 Å². The highest BCUT2D eigenvalue weighted by molar-refractivity contribution is 6.10. The van der Waals surface area contributed by atoms with Gasteiger partial charge in [-0.05, 0) is 176 Å². The summed E-state index contributed by atoms with van der Waals surface area (Å²) >= 11 is 0. The molecule has 4 heteroatoms. The number of hydrogen-bond acceptors (Lipinski definition) is 1. The number of benzene rings is 15. The predicted octanol–water partition coefficient (Wildman–Crippen LogP) is 26.0. The summed E-state index contributed by atoms with van der Waals surface area (Å²) in [5, 5.41) is 3.58. The highest BCUT2D eigenvalue weighted by atomic mass is 15.1. The smallest absolute Gasteiger partial charge is 0.0619 e. The van der Waals surface area contributed by atoms with Gasteiger partial charge in [0.1, 0.15) is 0 Å². The van der Waals surface area contributed by atoms with E-state index in [9.17, 15) is 0 Å². The van der Waals surface area contributed by atoms with Crippen molar-refractivity contribution in [1.82, 2.24) is 13.7 Å². The molecule has 0 saturated carbocycles. The molecule has 0 aliphatic heterocycles. The standard InChI is InChI=1S/C96H66N4/c1-10-28-70(29-11-1)91-85-64-76(52-61-88(85)98(79-40-22-7-23-41-79)94(91)73-34-16-4-17-35-73)67-46-55-82(56-47-67)97(83-57-48-68(49-58-83)77-53-62-89-86(65-77)92(71-30-12-2-13-31-71)95(74-36-18-5-19-37-74)99(89)80-42-24-8-25-43-80)84-59-50-69(51-60-84)78-54-63-90-87(66-78)93(72-32-14-3-15-33-72)96(75-38-20-6-21-39-75)100(90)81-44-26-9-27-45-81/h1-66H. The second-order valence-electron chi connectivity index (χ2n) is 25.6. The van der Waals surface area contributed by atoms with Crippen molar-refractivity contribution < 1.29 is 0 Å². The minimum atomic E-state index is 1.05. The van der Waals surface area contributed by atoms with E-state index in [-0.39, 0.29) is 0 Å². The van der Waals surface area contributed by atoms with Gasteiger partial charge in [-0.15, -0.1) is 0 Å². The topological polar surface area (TPSA) is 18.0 Å². The van der Waals surface area contributed by atoms with Crippen molar-refractivity contribution in [2.24, 2.45) is 0 Å². The highest BCUT2D eigenvalue weighted by Crippen LogP contribution is 2.49. The zero-order chi connectivity index (χ0) is 66.3. The lowest BCUT2D eigenvalue weighted by Gasteiger charge is -2.26. The molecule has 0 aliphatic carbocycles. The Hall–Kier alpha value is -13.3. The molecule has 0 N–H and O–H groups in total. The quantitative estimate of drug-likeness (QED) is 0.100. The van der Waals surface area contributed by atoms with Crippen LogP contribution >= 0.6 is 0 Å². The van der Waals surface area contributed by atoms with Gasteiger partial charge in [-0.25, -0.2) is 0 Å². The van der Waals surface area contributed by atoms with Gasteiger partial charge in [0.2, 0.25) is 0 Å². The lowest BCUT2D eigenvalue weighted by atomic mass is 9.95. The van der Waals surface area contributed by atoms with Crippen LogP contribution in [0.3, 0.4) is 0 Å². The Balaban J connectivity index is 0.768. The van der Waals surface area contributed by atoms with Gasteiger partial charge in [0, 0.05) is 67.0 Å². The van der Waals surface area contributed by atoms with Gasteiger partial charge in [0.05, 0.1) is 33.6 Å². The van der Waals surface area contributed by atoms with Gasteiger partial charge in [-0.3, -0.25) is 0 Å². The summed E-state index contributed by atoms with van der Waals surface area (Å²) in [4.78, 5) is 2.39. The summed E-state index contributed by atoms with van der Waals surface area (Å²) < 4.78 is 7.30. The monoisotopic (exact) mass is 1270 g/mol. The Morgan fingerprint density at radius 1 is 0.160 bits per heavy atom. The number of anilines is 3. The number of rotatable bonds is 15. The van der Waals surface area contributed by atoms with E-state index in [1.807, 2.05) is 0 Å². The number of hydrogen-bond donors (Lipinski definition) is 0. The summed E-state index contributed by atoms with van der Waals surface area (Å²) in [6, 6.07) is 146. The molecule has 0 spiro atoms. The predicted molar refractivity (Wildman–Crippen MR) is 421 cm³/mol. The van der Waals surface area contributed by atoms with Gasteiger partial charge in [0.15, 0.2) is 0 Å². The largest absolute Gasteiger partial charge is 0.311 e. The Labute approximate surface area is 582 Å². The number of para-hydroxylation sites is 3. The van der Waals surface area contributed by atoms with Crippen molar-refractivity contribution >= 4 is 49.8 Å². The molecule has 0 saturated heterocycles. The van der Waals surface area contributed by atoms with Gasteiger partial charge in [0.25, 0.3) is 0 Å². The Morgan fingerprint density at radius 2 is 0.360 bits per heavy atom. The first kappa shape index (κ1) is 59.2. The van der Waals surface area contributed by atoms with E-state index < -0.39 is 0 Å². The molecule has 0 unspecified atom stereocenters. The third kappa shape index (κ3) is 10.7. The molecule has 0 aliphatic rings. The average Bonchev–Trinajstić information content (AvgIpc) is 1.59. The maximum absolute atomic E-state index is 2.43. The Kier molecular flexibility index (Phi) is 15.2. The van der Waals surface area contributed by atoms with Gasteiger partial charge < -0.3 is 18.6 Å². The van der Waals surface area contributed by atoms with Crippen LogP contribution in [0.2, 0.25) is 0 Å². The summed E-state index contributed by atoms with van der Waals surface area (Å²) in [6.45, 7) is 0. The fourth-order valence-corrected chi connectivity index (χ4v) is 15.1. The first-order valence-electron chi connectivity index (χ1n) is 34.3. The van der Waals surface area contributed by atoms with E-state index in [1.54, 1.807) is 0 Å². The van der Waals surface area contributed by atoms with E-state index in [0.29, 0.717) is 0 Å². The number of fused-ring (bicyclic) bond motifs is 3. The van der Waals surface area contributed by atoms with Crippen molar-refractivity contribution in [1.29, 1.82) is 0 Å². The van der Waals surface area contributed by atoms with Gasteiger partial charge in [-0.2, -0.15) is 0 Å². The van der Waals surface area contributed by atoms with Gasteiger partial charge >= 0.3 is 0 Å². The van der Waals surface area contributed by atoms with E-state index in [0.717, 1.165) is 101 Å². The second-order valence-corrected chi connectivity index (χ2v) is 25.6. The fraction of sp³-hybridized carbons (Fsp3) is 0. The Morgan fingerprint density at radius 3 is 0.590 bits per heavy atom. The normalized spacial score (nSPS) is 11.4. The van der Waals surface area contributed by atoms with E-state index in [4.69, 9.17) is 0 Å². The molecule has 18 aromatic rings. The van der Waals surface area contributed by atoms with E-state index in [2.05, 4.69) is 419 Å². The number of aromatic nitrogens is 3. The Bertz CT molecular complexity index is 5320. The molecule has 18 rings (SSSR count). The molecule has 0 amide bonds. The molecule has 15 aromatic carbocycles. The van der Waals surface area contributed by atoms with Crippen molar-refractivity contribution in [2.75, 3.05) is 4.90 Å². The van der Waals surface area contributed by atoms with Crippen LogP contribution in [0, 0.1) is 0 Å². The van der Waals surface area contributed by atoms with Crippen LogP contribution in [0.15, 0.2) is 400 Å². The summed E-state index contributed by atoms with van der Waals surface area (Å²) in [5.41, 5.74) is 30.9. The van der Waals surface area contributed by atoms with Crippen LogP contribution in [0.5, 0.6) is 0 Å². The lowest BCUT2D eigenvalue weighted by molar-refractivity contribution is 1.13. The van der Waals surface area contributed by atoms with Crippen LogP contribution in [-0.4, -0.2) is 13.7 Å². The molecule has 3 aromatic heterocycles. The maximum atomic E-state index is 2.43. The lowest BCUT2D eigenvalue weighted by Crippen LogP contribution is -2.09. The molecule has 100 heavy (non-hydrogen) atoms. The molecule has 470 valence electrons. The zero-order valence-electron chi connectivity index (χ0n) is 54.9. The molecule has 0 atom stereocenters. The average molecular weight is 1280 g/mol.